The monoisotopic (exact) mass is 783 g/mol. The van der Waals surface area contributed by atoms with Crippen molar-refractivity contribution in [3.63, 3.8) is 0 Å². The van der Waals surface area contributed by atoms with Crippen molar-refractivity contribution in [1.29, 1.82) is 0 Å². The standard InChI is InChI=1S/C56H41N5/c1-38-51(41-19-8-3-9-20-41)57-55(58-52(38)42-21-10-4-11-22-42)49-29-15-27-47(36-49)48-28-16-30-50(37-48)56-60-53(43-23-12-5-13-24-43)59-54(61-56)44-33-31-40(32-34-44)46-26-14-25-45(35-46)39-17-6-2-7-18-39/h2-27,29-37,48H,28H2,1H3. The molecule has 7 aromatic carbocycles. The third-order valence-corrected chi connectivity index (χ3v) is 11.3. The maximum atomic E-state index is 5.20. The molecular formula is C56H41N5. The predicted molar refractivity (Wildman–Crippen MR) is 249 cm³/mol. The second-order valence-corrected chi connectivity index (χ2v) is 15.3. The van der Waals surface area contributed by atoms with E-state index in [-0.39, 0.29) is 5.92 Å². The van der Waals surface area contributed by atoms with Crippen molar-refractivity contribution < 1.29 is 0 Å². The molecule has 0 bridgehead atoms. The van der Waals surface area contributed by atoms with Crippen LogP contribution in [0.4, 0.5) is 0 Å². The molecule has 1 unspecified atom stereocenters. The van der Waals surface area contributed by atoms with Gasteiger partial charge in [0.25, 0.3) is 0 Å². The van der Waals surface area contributed by atoms with E-state index in [1.807, 2.05) is 48.5 Å². The third kappa shape index (κ3) is 7.97. The number of allylic oxidation sites excluding steroid dienone is 4. The molecule has 290 valence electrons. The molecule has 1 aliphatic rings. The van der Waals surface area contributed by atoms with E-state index in [1.165, 1.54) is 16.7 Å². The van der Waals surface area contributed by atoms with Gasteiger partial charge in [-0.15, -0.1) is 0 Å². The lowest BCUT2D eigenvalue weighted by Crippen LogP contribution is -2.06. The van der Waals surface area contributed by atoms with Crippen LogP contribution in [-0.2, 0) is 0 Å². The molecule has 10 rings (SSSR count). The summed E-state index contributed by atoms with van der Waals surface area (Å²) >= 11 is 0. The van der Waals surface area contributed by atoms with Gasteiger partial charge in [-0.2, -0.15) is 0 Å². The van der Waals surface area contributed by atoms with Crippen LogP contribution in [0.3, 0.4) is 0 Å². The van der Waals surface area contributed by atoms with Crippen molar-refractivity contribution in [2.45, 2.75) is 19.3 Å². The van der Waals surface area contributed by atoms with Crippen molar-refractivity contribution in [2.24, 2.45) is 0 Å². The highest BCUT2D eigenvalue weighted by molar-refractivity contribution is 5.79. The molecule has 0 spiro atoms. The van der Waals surface area contributed by atoms with Gasteiger partial charge in [0.15, 0.2) is 23.3 Å². The number of hydrogen-bond acceptors (Lipinski definition) is 5. The Morgan fingerprint density at radius 2 is 0.787 bits per heavy atom. The van der Waals surface area contributed by atoms with E-state index in [0.29, 0.717) is 23.3 Å². The average molecular weight is 784 g/mol. The first-order valence-electron chi connectivity index (χ1n) is 20.7. The molecule has 0 aliphatic heterocycles. The zero-order valence-electron chi connectivity index (χ0n) is 33.7. The van der Waals surface area contributed by atoms with E-state index in [9.17, 15) is 0 Å². The highest BCUT2D eigenvalue weighted by Gasteiger charge is 2.20. The lowest BCUT2D eigenvalue weighted by atomic mass is 9.88. The molecule has 0 saturated heterocycles. The average Bonchev–Trinajstić information content (AvgIpc) is 3.35. The van der Waals surface area contributed by atoms with Crippen LogP contribution in [0.1, 0.15) is 29.3 Å². The van der Waals surface area contributed by atoms with Gasteiger partial charge in [0.05, 0.1) is 11.4 Å². The molecule has 5 nitrogen and oxygen atoms in total. The molecule has 9 aromatic rings. The Morgan fingerprint density at radius 3 is 1.38 bits per heavy atom. The predicted octanol–water partition coefficient (Wildman–Crippen LogP) is 13.8. The van der Waals surface area contributed by atoms with E-state index >= 15 is 0 Å². The maximum Gasteiger partial charge on any atom is 0.164 e. The van der Waals surface area contributed by atoms with Gasteiger partial charge < -0.3 is 0 Å². The Kier molecular flexibility index (Phi) is 10.3. The lowest BCUT2D eigenvalue weighted by Gasteiger charge is -2.19. The summed E-state index contributed by atoms with van der Waals surface area (Å²) in [7, 11) is 0. The zero-order valence-corrected chi connectivity index (χ0v) is 33.7. The Bertz CT molecular complexity index is 2970. The minimum absolute atomic E-state index is 0.0962. The Labute approximate surface area is 356 Å². The second kappa shape index (κ2) is 16.8. The van der Waals surface area contributed by atoms with Gasteiger partial charge >= 0.3 is 0 Å². The molecular weight excluding hydrogens is 743 g/mol. The van der Waals surface area contributed by atoms with Gasteiger partial charge in [-0.1, -0.05) is 200 Å². The molecule has 0 radical (unpaired) electrons. The van der Waals surface area contributed by atoms with Crippen LogP contribution in [0.2, 0.25) is 0 Å². The van der Waals surface area contributed by atoms with Gasteiger partial charge in [0.1, 0.15) is 0 Å². The number of rotatable bonds is 9. The molecule has 2 aromatic heterocycles. The summed E-state index contributed by atoms with van der Waals surface area (Å²) in [5.74, 6) is 2.71. The lowest BCUT2D eigenvalue weighted by molar-refractivity contribution is 0.854. The second-order valence-electron chi connectivity index (χ2n) is 15.3. The normalized spacial score (nSPS) is 13.5. The van der Waals surface area contributed by atoms with Gasteiger partial charge in [0.2, 0.25) is 0 Å². The maximum absolute atomic E-state index is 5.20. The molecule has 0 saturated carbocycles. The summed E-state index contributed by atoms with van der Waals surface area (Å²) in [5.41, 5.74) is 14.7. The highest BCUT2D eigenvalue weighted by Crippen LogP contribution is 2.36. The molecule has 1 atom stereocenters. The molecule has 0 N–H and O–H groups in total. The van der Waals surface area contributed by atoms with Crippen molar-refractivity contribution >= 4 is 5.57 Å². The number of benzene rings is 7. The van der Waals surface area contributed by atoms with Gasteiger partial charge in [-0.25, -0.2) is 24.9 Å². The van der Waals surface area contributed by atoms with E-state index in [0.717, 1.165) is 67.9 Å². The molecule has 2 heterocycles. The van der Waals surface area contributed by atoms with Crippen molar-refractivity contribution in [3.05, 3.63) is 229 Å². The minimum atomic E-state index is 0.0962. The summed E-state index contributed by atoms with van der Waals surface area (Å²) in [6.45, 7) is 2.11. The van der Waals surface area contributed by atoms with Crippen LogP contribution < -0.4 is 0 Å². The first kappa shape index (κ1) is 37.4. The van der Waals surface area contributed by atoms with Crippen LogP contribution in [-0.4, -0.2) is 24.9 Å². The summed E-state index contributed by atoms with van der Waals surface area (Å²) in [6, 6.07) is 67.2. The number of nitrogens with zero attached hydrogens (tertiary/aromatic N) is 5. The fourth-order valence-electron chi connectivity index (χ4n) is 8.04. The zero-order chi connectivity index (χ0) is 41.0. The van der Waals surface area contributed by atoms with Crippen LogP contribution in [0, 0.1) is 6.92 Å². The Morgan fingerprint density at radius 1 is 0.361 bits per heavy atom. The molecule has 0 fully saturated rings. The summed E-state index contributed by atoms with van der Waals surface area (Å²) in [5, 5.41) is 0. The van der Waals surface area contributed by atoms with Gasteiger partial charge in [0, 0.05) is 44.9 Å². The third-order valence-electron chi connectivity index (χ3n) is 11.3. The number of hydrogen-bond donors (Lipinski definition) is 0. The largest absolute Gasteiger partial charge is 0.228 e. The summed E-state index contributed by atoms with van der Waals surface area (Å²) in [4.78, 5) is 25.6. The summed E-state index contributed by atoms with van der Waals surface area (Å²) in [6.07, 6.45) is 7.50. The molecule has 5 heteroatoms. The fourth-order valence-corrected chi connectivity index (χ4v) is 8.04. The SMILES string of the molecule is Cc1c(-c2ccccc2)nc(-c2cccc(C3C=C(c4nc(-c5ccccc5)nc(-c5ccc(-c6cccc(-c7ccccc7)c6)cc5)n4)C=CC3)c2)nc1-c1ccccc1. The quantitative estimate of drug-likeness (QED) is 0.146. The van der Waals surface area contributed by atoms with E-state index in [2.05, 4.69) is 171 Å². The Hall–Kier alpha value is -7.89. The fraction of sp³-hybridized carbons (Fsp3) is 0.0536. The van der Waals surface area contributed by atoms with Crippen LogP contribution in [0.5, 0.6) is 0 Å². The van der Waals surface area contributed by atoms with E-state index in [1.54, 1.807) is 0 Å². The van der Waals surface area contributed by atoms with Crippen LogP contribution in [0.25, 0.3) is 84.5 Å². The smallest absolute Gasteiger partial charge is 0.164 e. The minimum Gasteiger partial charge on any atom is -0.228 e. The van der Waals surface area contributed by atoms with Gasteiger partial charge in [-0.05, 0) is 53.3 Å². The number of aromatic nitrogens is 5. The van der Waals surface area contributed by atoms with Crippen molar-refractivity contribution in [3.8, 4) is 78.9 Å². The Balaban J connectivity index is 0.998. The first-order valence-corrected chi connectivity index (χ1v) is 20.7. The molecule has 0 amide bonds. The van der Waals surface area contributed by atoms with Crippen molar-refractivity contribution in [2.75, 3.05) is 0 Å². The van der Waals surface area contributed by atoms with Crippen molar-refractivity contribution in [1.82, 2.24) is 24.9 Å². The first-order chi connectivity index (χ1) is 30.1. The van der Waals surface area contributed by atoms with E-state index in [4.69, 9.17) is 24.9 Å². The molecule has 1 aliphatic carbocycles. The highest BCUT2D eigenvalue weighted by atomic mass is 15.0. The topological polar surface area (TPSA) is 64.5 Å². The summed E-state index contributed by atoms with van der Waals surface area (Å²) < 4.78 is 0. The van der Waals surface area contributed by atoms with Crippen LogP contribution in [0.15, 0.2) is 212 Å². The van der Waals surface area contributed by atoms with E-state index < -0.39 is 0 Å². The van der Waals surface area contributed by atoms with Gasteiger partial charge in [-0.3, -0.25) is 0 Å². The molecule has 61 heavy (non-hydrogen) atoms. The van der Waals surface area contributed by atoms with Crippen LogP contribution >= 0.6 is 0 Å².